The third-order valence-electron chi connectivity index (χ3n) is 5.37. The summed E-state index contributed by atoms with van der Waals surface area (Å²) in [6.45, 7) is 10.2. The molecule has 0 aliphatic carbocycles. The van der Waals surface area contributed by atoms with Crippen LogP contribution in [0.25, 0.3) is 10.9 Å². The Kier molecular flexibility index (Phi) is 6.80. The fourth-order valence-electron chi connectivity index (χ4n) is 3.57. The highest BCUT2D eigenvalue weighted by atomic mass is 16.5. The summed E-state index contributed by atoms with van der Waals surface area (Å²) in [6.07, 6.45) is 1.06. The molecule has 6 nitrogen and oxygen atoms in total. The van der Waals surface area contributed by atoms with Gasteiger partial charge in [-0.25, -0.2) is 9.59 Å². The molecule has 3 rings (SSSR count). The lowest BCUT2D eigenvalue weighted by Gasteiger charge is -2.15. The van der Waals surface area contributed by atoms with E-state index >= 15 is 0 Å². The average Bonchev–Trinajstić information content (AvgIpc) is 3.00. The molecule has 0 radical (unpaired) electrons. The number of nitrogens with zero attached hydrogens (tertiary/aromatic N) is 1. The Morgan fingerprint density at radius 1 is 1.19 bits per heavy atom. The van der Waals surface area contributed by atoms with Gasteiger partial charge in [0.2, 0.25) is 0 Å². The Morgan fingerprint density at radius 3 is 2.65 bits per heavy atom. The van der Waals surface area contributed by atoms with Gasteiger partial charge in [-0.1, -0.05) is 31.7 Å². The van der Waals surface area contributed by atoms with Crippen LogP contribution in [0.15, 0.2) is 55.1 Å². The number of carbonyl (C=O) groups is 2. The summed E-state index contributed by atoms with van der Waals surface area (Å²) in [5.74, 6) is -0.816. The second-order valence-electron chi connectivity index (χ2n) is 7.42. The Morgan fingerprint density at radius 2 is 1.97 bits per heavy atom. The normalized spacial score (nSPS) is 11.8. The molecule has 1 heterocycles. The van der Waals surface area contributed by atoms with Crippen molar-refractivity contribution in [2.75, 3.05) is 6.61 Å². The van der Waals surface area contributed by atoms with E-state index in [0.717, 1.165) is 27.7 Å². The van der Waals surface area contributed by atoms with Crippen molar-refractivity contribution < 1.29 is 24.2 Å². The van der Waals surface area contributed by atoms with Crippen LogP contribution in [0.4, 0.5) is 0 Å². The van der Waals surface area contributed by atoms with E-state index in [4.69, 9.17) is 9.47 Å². The zero-order valence-electron chi connectivity index (χ0n) is 18.1. The van der Waals surface area contributed by atoms with Gasteiger partial charge in [0.1, 0.15) is 12.4 Å². The van der Waals surface area contributed by atoms with Crippen LogP contribution in [-0.2, 0) is 16.1 Å². The van der Waals surface area contributed by atoms with Crippen molar-refractivity contribution in [1.82, 2.24) is 4.57 Å². The lowest BCUT2D eigenvalue weighted by atomic mass is 10.1. The molecule has 6 heteroatoms. The minimum atomic E-state index is -0.974. The first-order valence-corrected chi connectivity index (χ1v) is 10.2. The molecule has 31 heavy (non-hydrogen) atoms. The van der Waals surface area contributed by atoms with E-state index in [1.54, 1.807) is 25.1 Å². The van der Waals surface area contributed by atoms with Crippen LogP contribution < -0.4 is 4.74 Å². The number of ether oxygens (including phenoxy) is 2. The first-order valence-electron chi connectivity index (χ1n) is 10.2. The van der Waals surface area contributed by atoms with Gasteiger partial charge < -0.3 is 19.1 Å². The maximum absolute atomic E-state index is 12.2. The number of aromatic nitrogens is 1. The van der Waals surface area contributed by atoms with Gasteiger partial charge in [-0.2, -0.15) is 0 Å². The zero-order chi connectivity index (χ0) is 22.5. The van der Waals surface area contributed by atoms with Crippen LogP contribution in [0.3, 0.4) is 0 Å². The number of carbonyl (C=O) groups excluding carboxylic acids is 1. The Labute approximate surface area is 181 Å². The van der Waals surface area contributed by atoms with Crippen LogP contribution in [-0.4, -0.2) is 34.3 Å². The minimum absolute atomic E-state index is 0.176. The molecule has 2 aromatic carbocycles. The first kappa shape index (κ1) is 22.2. The largest absolute Gasteiger partial charge is 0.479 e. The predicted octanol–water partition coefficient (Wildman–Crippen LogP) is 4.89. The van der Waals surface area contributed by atoms with E-state index < -0.39 is 12.1 Å². The van der Waals surface area contributed by atoms with E-state index in [-0.39, 0.29) is 12.6 Å². The molecule has 0 aliphatic rings. The number of hydrogen-bond acceptors (Lipinski definition) is 4. The number of fused-ring (bicyclic) bond motifs is 1. The lowest BCUT2D eigenvalue weighted by molar-refractivity contribution is -0.145. The summed E-state index contributed by atoms with van der Waals surface area (Å²) in [4.78, 5) is 23.5. The van der Waals surface area contributed by atoms with Crippen molar-refractivity contribution >= 4 is 22.8 Å². The van der Waals surface area contributed by atoms with E-state index in [2.05, 4.69) is 11.1 Å². The van der Waals surface area contributed by atoms with E-state index in [1.165, 1.54) is 0 Å². The molecular weight excluding hydrogens is 394 g/mol. The molecule has 0 bridgehead atoms. The van der Waals surface area contributed by atoms with Gasteiger partial charge in [0, 0.05) is 23.1 Å². The SMILES string of the molecule is C=CCOC(=O)c1ccc2c(c1)c(C)c(C)n2Cc1cccc(O[C@@H](CC)C(=O)O)c1. The number of esters is 1. The Balaban J connectivity index is 1.91. The van der Waals surface area contributed by atoms with Gasteiger partial charge >= 0.3 is 11.9 Å². The summed E-state index contributed by atoms with van der Waals surface area (Å²) in [5, 5.41) is 10.2. The van der Waals surface area contributed by atoms with Crippen molar-refractivity contribution in [3.8, 4) is 5.75 Å². The second kappa shape index (κ2) is 9.51. The summed E-state index contributed by atoms with van der Waals surface area (Å²) in [7, 11) is 0. The maximum Gasteiger partial charge on any atom is 0.344 e. The predicted molar refractivity (Wildman–Crippen MR) is 120 cm³/mol. The lowest BCUT2D eigenvalue weighted by Crippen LogP contribution is -2.25. The van der Waals surface area contributed by atoms with Crippen molar-refractivity contribution in [2.24, 2.45) is 0 Å². The fourth-order valence-corrected chi connectivity index (χ4v) is 3.57. The number of hydrogen-bond donors (Lipinski definition) is 1. The quantitative estimate of drug-likeness (QED) is 0.393. The number of benzene rings is 2. The van der Waals surface area contributed by atoms with Crippen molar-refractivity contribution in [3.05, 3.63) is 77.5 Å². The summed E-state index contributed by atoms with van der Waals surface area (Å²) < 4.78 is 13.0. The zero-order valence-corrected chi connectivity index (χ0v) is 18.1. The van der Waals surface area contributed by atoms with Crippen molar-refractivity contribution in [1.29, 1.82) is 0 Å². The molecule has 1 atom stereocenters. The Hall–Kier alpha value is -3.54. The summed E-state index contributed by atoms with van der Waals surface area (Å²) in [5.41, 5.74) is 4.70. The van der Waals surface area contributed by atoms with E-state index in [9.17, 15) is 14.7 Å². The van der Waals surface area contributed by atoms with Gasteiger partial charge in [-0.15, -0.1) is 0 Å². The van der Waals surface area contributed by atoms with E-state index in [1.807, 2.05) is 44.2 Å². The molecule has 3 aromatic rings. The van der Waals surface area contributed by atoms with Gasteiger partial charge in [0.25, 0.3) is 0 Å². The number of rotatable bonds is 9. The minimum Gasteiger partial charge on any atom is -0.479 e. The summed E-state index contributed by atoms with van der Waals surface area (Å²) >= 11 is 0. The van der Waals surface area contributed by atoms with E-state index in [0.29, 0.717) is 24.3 Å². The smallest absolute Gasteiger partial charge is 0.344 e. The first-order chi connectivity index (χ1) is 14.8. The molecule has 0 unspecified atom stereocenters. The third-order valence-corrected chi connectivity index (χ3v) is 5.37. The highest BCUT2D eigenvalue weighted by Gasteiger charge is 2.18. The van der Waals surface area contributed by atoms with Gasteiger partial charge in [0.15, 0.2) is 6.10 Å². The van der Waals surface area contributed by atoms with Crippen LogP contribution in [0, 0.1) is 13.8 Å². The molecule has 0 spiro atoms. The molecule has 0 aliphatic heterocycles. The number of carboxylic acid groups (broad SMARTS) is 1. The van der Waals surface area contributed by atoms with Crippen molar-refractivity contribution in [2.45, 2.75) is 39.8 Å². The highest BCUT2D eigenvalue weighted by Crippen LogP contribution is 2.28. The molecule has 0 saturated heterocycles. The van der Waals surface area contributed by atoms with Crippen LogP contribution in [0.2, 0.25) is 0 Å². The third kappa shape index (κ3) is 4.79. The number of carboxylic acids is 1. The molecule has 0 amide bonds. The second-order valence-corrected chi connectivity index (χ2v) is 7.42. The molecular formula is C25H27NO5. The standard InChI is InChI=1S/C25H27NO5/c1-5-12-30-25(29)19-10-11-22-21(14-19)16(3)17(4)26(22)15-18-8-7-9-20(13-18)31-23(6-2)24(27)28/h5,7-11,13-14,23H,1,6,12,15H2,2-4H3,(H,27,28)/t23-/m0/s1. The number of aliphatic carboxylic acids is 1. The average molecular weight is 421 g/mol. The van der Waals surface area contributed by atoms with Crippen LogP contribution in [0.1, 0.15) is 40.5 Å². The van der Waals surface area contributed by atoms with Crippen LogP contribution >= 0.6 is 0 Å². The topological polar surface area (TPSA) is 77.8 Å². The molecule has 1 aromatic heterocycles. The number of aryl methyl sites for hydroxylation is 1. The molecule has 1 N–H and O–H groups in total. The highest BCUT2D eigenvalue weighted by molar-refractivity contribution is 5.96. The Bertz CT molecular complexity index is 1130. The van der Waals surface area contributed by atoms with Gasteiger partial charge in [-0.05, 0) is 61.7 Å². The van der Waals surface area contributed by atoms with Crippen molar-refractivity contribution in [3.63, 3.8) is 0 Å². The monoisotopic (exact) mass is 421 g/mol. The maximum atomic E-state index is 12.2. The summed E-state index contributed by atoms with van der Waals surface area (Å²) in [6, 6.07) is 13.0. The fraction of sp³-hybridized carbons (Fsp3) is 0.280. The molecule has 0 saturated carbocycles. The van der Waals surface area contributed by atoms with Gasteiger partial charge in [0.05, 0.1) is 5.56 Å². The molecule has 0 fully saturated rings. The molecule has 162 valence electrons. The van der Waals surface area contributed by atoms with Crippen LogP contribution in [0.5, 0.6) is 5.75 Å². The van der Waals surface area contributed by atoms with Gasteiger partial charge in [-0.3, -0.25) is 0 Å².